The number of aliphatic hydroxyl groups excluding tert-OH is 5. The monoisotopic (exact) mass is 988 g/mol. The molecule has 1 heterocycles. The van der Waals surface area contributed by atoms with E-state index in [0.29, 0.717) is 6.42 Å². The first-order valence-corrected chi connectivity index (χ1v) is 29.9. The highest BCUT2D eigenvalue weighted by Crippen LogP contribution is 2.23. The fourth-order valence-electron chi connectivity index (χ4n) is 9.37. The molecule has 1 aliphatic rings. The number of aliphatic hydroxyl groups is 5. The quantitative estimate of drug-likeness (QED) is 0.0261. The molecule has 7 atom stereocenters. The summed E-state index contributed by atoms with van der Waals surface area (Å²) >= 11 is 0. The van der Waals surface area contributed by atoms with Gasteiger partial charge in [-0.3, -0.25) is 4.79 Å². The molecular weight excluding hydrogens is 875 g/mol. The molecule has 6 N–H and O–H groups in total. The van der Waals surface area contributed by atoms with Crippen LogP contribution in [0.3, 0.4) is 0 Å². The van der Waals surface area contributed by atoms with Crippen LogP contribution in [0.15, 0.2) is 48.6 Å². The highest BCUT2D eigenvalue weighted by molar-refractivity contribution is 5.76. The van der Waals surface area contributed by atoms with Crippen LogP contribution in [-0.4, -0.2) is 87.5 Å². The summed E-state index contributed by atoms with van der Waals surface area (Å²) in [5.74, 6) is -0.200. The Kier molecular flexibility index (Phi) is 47.9. The van der Waals surface area contributed by atoms with Crippen LogP contribution in [0.1, 0.15) is 277 Å². The summed E-state index contributed by atoms with van der Waals surface area (Å²) < 4.78 is 11.2. The lowest BCUT2D eigenvalue weighted by molar-refractivity contribution is -0.302. The largest absolute Gasteiger partial charge is 0.394 e. The smallest absolute Gasteiger partial charge is 0.220 e. The summed E-state index contributed by atoms with van der Waals surface area (Å²) in [6.45, 7) is 3.73. The van der Waals surface area contributed by atoms with Crippen LogP contribution in [0, 0.1) is 0 Å². The van der Waals surface area contributed by atoms with Gasteiger partial charge in [0.05, 0.1) is 25.4 Å². The second-order valence-electron chi connectivity index (χ2n) is 20.8. The van der Waals surface area contributed by atoms with Crippen LogP contribution in [-0.2, 0) is 14.3 Å². The highest BCUT2D eigenvalue weighted by Gasteiger charge is 2.44. The summed E-state index contributed by atoms with van der Waals surface area (Å²) in [7, 11) is 0. The standard InChI is InChI=1S/C61H113NO8/c1-3-5-7-9-11-13-15-17-19-20-21-22-23-24-25-26-27-28-29-30-31-32-33-34-35-36-37-38-40-42-44-46-48-50-55(64)54(53-69-61-60(68)59(67)58(66)56(52-63)70-61)62-57(65)51-49-47-45-43-41-39-18-16-14-12-10-8-6-4-2/h10,12,16,18,40,42,48,50,54-56,58-61,63-64,66-68H,3-9,11,13-15,17,19-39,41,43-47,49,51-53H2,1-2H3,(H,62,65)/b12-10-,18-16-,42-40+,50-48+. The average Bonchev–Trinajstić information content (AvgIpc) is 3.36. The third-order valence-electron chi connectivity index (χ3n) is 14.1. The number of hydrogen-bond acceptors (Lipinski definition) is 8. The molecule has 1 aliphatic heterocycles. The van der Waals surface area contributed by atoms with Gasteiger partial charge in [-0.25, -0.2) is 0 Å². The number of carbonyl (C=O) groups excluding carboxylic acids is 1. The van der Waals surface area contributed by atoms with E-state index in [0.717, 1.165) is 70.6 Å². The van der Waals surface area contributed by atoms with Crippen molar-refractivity contribution in [3.63, 3.8) is 0 Å². The predicted molar refractivity (Wildman–Crippen MR) is 295 cm³/mol. The minimum absolute atomic E-state index is 0.200. The van der Waals surface area contributed by atoms with Crippen LogP contribution >= 0.6 is 0 Å². The molecule has 0 aromatic heterocycles. The van der Waals surface area contributed by atoms with Crippen LogP contribution in [0.2, 0.25) is 0 Å². The summed E-state index contributed by atoms with van der Waals surface area (Å²) in [6, 6.07) is -0.830. The molecule has 7 unspecified atom stereocenters. The van der Waals surface area contributed by atoms with Gasteiger partial charge in [-0.05, 0) is 57.8 Å². The van der Waals surface area contributed by atoms with Crippen molar-refractivity contribution in [3.05, 3.63) is 48.6 Å². The van der Waals surface area contributed by atoms with E-state index in [9.17, 15) is 30.3 Å². The number of hydrogen-bond donors (Lipinski definition) is 6. The molecule has 0 bridgehead atoms. The number of amides is 1. The van der Waals surface area contributed by atoms with E-state index >= 15 is 0 Å². The van der Waals surface area contributed by atoms with E-state index in [2.05, 4.69) is 55.6 Å². The number of allylic oxidation sites excluding steroid dienone is 7. The highest BCUT2D eigenvalue weighted by atomic mass is 16.7. The second kappa shape index (κ2) is 50.7. The minimum atomic E-state index is -1.58. The molecule has 1 saturated heterocycles. The molecule has 1 fully saturated rings. The molecule has 0 spiro atoms. The van der Waals surface area contributed by atoms with Crippen LogP contribution in [0.4, 0.5) is 0 Å². The molecule has 9 nitrogen and oxygen atoms in total. The molecule has 70 heavy (non-hydrogen) atoms. The fourth-order valence-corrected chi connectivity index (χ4v) is 9.37. The third kappa shape index (κ3) is 39.7. The summed E-state index contributed by atoms with van der Waals surface area (Å²) in [4.78, 5) is 13.0. The SMILES string of the molecule is CCCC/C=C\C/C=C\CCCCCCCC(=O)NC(COC1OC(CO)C(O)C(O)C1O)C(O)/C=C/CC/C=C/CCCCCCCCCCCCCCCCCCCCCCCCCCCCC. The number of unbranched alkanes of at least 4 members (excludes halogenated alkanes) is 35. The van der Waals surface area contributed by atoms with Gasteiger partial charge in [-0.1, -0.05) is 262 Å². The topological polar surface area (TPSA) is 149 Å². The van der Waals surface area contributed by atoms with Crippen LogP contribution in [0.5, 0.6) is 0 Å². The maximum absolute atomic E-state index is 13.0. The maximum Gasteiger partial charge on any atom is 0.220 e. The zero-order valence-electron chi connectivity index (χ0n) is 45.5. The van der Waals surface area contributed by atoms with Gasteiger partial charge in [0.1, 0.15) is 24.4 Å². The molecule has 0 aromatic carbocycles. The molecule has 9 heteroatoms. The number of nitrogens with one attached hydrogen (secondary N) is 1. The molecule has 0 aliphatic carbocycles. The first-order valence-electron chi connectivity index (χ1n) is 29.9. The Balaban J connectivity index is 2.16. The van der Waals surface area contributed by atoms with Crippen molar-refractivity contribution in [2.45, 2.75) is 320 Å². The molecular formula is C61H113NO8. The van der Waals surface area contributed by atoms with Crippen LogP contribution in [0.25, 0.3) is 0 Å². The Bertz CT molecular complexity index is 1240. The van der Waals surface area contributed by atoms with Crippen molar-refractivity contribution in [1.82, 2.24) is 5.32 Å². The molecule has 1 amide bonds. The van der Waals surface area contributed by atoms with Gasteiger partial charge in [0.2, 0.25) is 5.91 Å². The second-order valence-corrected chi connectivity index (χ2v) is 20.8. The van der Waals surface area contributed by atoms with Crippen LogP contribution < -0.4 is 5.32 Å². The molecule has 0 radical (unpaired) electrons. The fraction of sp³-hybridized carbons (Fsp3) is 0.852. The van der Waals surface area contributed by atoms with Gasteiger partial charge in [-0.2, -0.15) is 0 Å². The van der Waals surface area contributed by atoms with E-state index in [1.165, 1.54) is 186 Å². The van der Waals surface area contributed by atoms with Gasteiger partial charge in [0.15, 0.2) is 6.29 Å². The lowest BCUT2D eigenvalue weighted by atomic mass is 9.99. The molecule has 0 aromatic rings. The Morgan fingerprint density at radius 2 is 0.871 bits per heavy atom. The van der Waals surface area contributed by atoms with Gasteiger partial charge in [-0.15, -0.1) is 0 Å². The maximum atomic E-state index is 13.0. The first-order chi connectivity index (χ1) is 34.3. The zero-order valence-corrected chi connectivity index (χ0v) is 45.5. The van der Waals surface area contributed by atoms with Gasteiger partial charge in [0.25, 0.3) is 0 Å². The molecule has 0 saturated carbocycles. The van der Waals surface area contributed by atoms with Crippen molar-refractivity contribution in [1.29, 1.82) is 0 Å². The normalized spacial score (nSPS) is 19.7. The summed E-state index contributed by atoms with van der Waals surface area (Å²) in [5, 5.41) is 54.4. The number of rotatable bonds is 51. The first kappa shape index (κ1) is 66.2. The predicted octanol–water partition coefficient (Wildman–Crippen LogP) is 14.9. The Morgan fingerprint density at radius 3 is 1.33 bits per heavy atom. The Morgan fingerprint density at radius 1 is 0.486 bits per heavy atom. The van der Waals surface area contributed by atoms with Crippen molar-refractivity contribution in [2.75, 3.05) is 13.2 Å². The van der Waals surface area contributed by atoms with E-state index < -0.39 is 49.5 Å². The zero-order chi connectivity index (χ0) is 50.8. The lowest BCUT2D eigenvalue weighted by Crippen LogP contribution is -2.60. The van der Waals surface area contributed by atoms with Gasteiger partial charge < -0.3 is 40.3 Å². The van der Waals surface area contributed by atoms with E-state index in [4.69, 9.17) is 9.47 Å². The Hall–Kier alpha value is -1.85. The number of ether oxygens (including phenoxy) is 2. The lowest BCUT2D eigenvalue weighted by Gasteiger charge is -2.40. The van der Waals surface area contributed by atoms with Gasteiger partial charge >= 0.3 is 0 Å². The molecule has 1 rings (SSSR count). The van der Waals surface area contributed by atoms with Crippen molar-refractivity contribution >= 4 is 5.91 Å². The minimum Gasteiger partial charge on any atom is -0.394 e. The van der Waals surface area contributed by atoms with E-state index in [1.54, 1.807) is 6.08 Å². The average molecular weight is 989 g/mol. The van der Waals surface area contributed by atoms with Crippen molar-refractivity contribution < 1.29 is 39.8 Å². The number of carbonyl (C=O) groups is 1. The van der Waals surface area contributed by atoms with E-state index in [1.807, 2.05) is 6.08 Å². The Labute approximate surface area is 431 Å². The van der Waals surface area contributed by atoms with E-state index in [-0.39, 0.29) is 12.5 Å². The summed E-state index contributed by atoms with van der Waals surface area (Å²) in [5.41, 5.74) is 0. The summed E-state index contributed by atoms with van der Waals surface area (Å²) in [6.07, 6.45) is 60.7. The van der Waals surface area contributed by atoms with Crippen molar-refractivity contribution in [2.24, 2.45) is 0 Å². The van der Waals surface area contributed by atoms with Gasteiger partial charge in [0, 0.05) is 6.42 Å². The van der Waals surface area contributed by atoms with Crippen molar-refractivity contribution in [3.8, 4) is 0 Å². The molecule has 410 valence electrons. The third-order valence-corrected chi connectivity index (χ3v) is 14.1.